The molecule has 1 aliphatic rings. The molecule has 0 atom stereocenters. The summed E-state index contributed by atoms with van der Waals surface area (Å²) < 4.78 is 0. The Morgan fingerprint density at radius 2 is 2.30 bits per heavy atom. The van der Waals surface area contributed by atoms with E-state index in [4.69, 9.17) is 0 Å². The van der Waals surface area contributed by atoms with Crippen LogP contribution in [0.5, 0.6) is 0 Å². The van der Waals surface area contributed by atoms with E-state index in [9.17, 15) is 0 Å². The van der Waals surface area contributed by atoms with E-state index in [1.807, 2.05) is 0 Å². The van der Waals surface area contributed by atoms with E-state index < -0.39 is 0 Å². The van der Waals surface area contributed by atoms with Crippen LogP contribution in [0.1, 0.15) is 32.6 Å². The van der Waals surface area contributed by atoms with E-state index >= 15 is 0 Å². The number of hydrogen-bond donors (Lipinski definition) is 0. The van der Waals surface area contributed by atoms with Gasteiger partial charge in [-0.3, -0.25) is 0 Å². The van der Waals surface area contributed by atoms with Gasteiger partial charge in [0.25, 0.3) is 0 Å². The summed E-state index contributed by atoms with van der Waals surface area (Å²) >= 11 is 3.42. The van der Waals surface area contributed by atoms with E-state index in [1.165, 1.54) is 25.7 Å². The van der Waals surface area contributed by atoms with Crippen molar-refractivity contribution < 1.29 is 0 Å². The van der Waals surface area contributed by atoms with Crippen LogP contribution in [-0.4, -0.2) is 5.33 Å². The molecule has 0 amide bonds. The Kier molecular flexibility index (Phi) is 3.47. The number of halogens is 1. The number of alkyl halides is 1. The van der Waals surface area contributed by atoms with Crippen molar-refractivity contribution in [2.45, 2.75) is 32.6 Å². The first kappa shape index (κ1) is 8.32. The van der Waals surface area contributed by atoms with Gasteiger partial charge in [-0.2, -0.15) is 0 Å². The number of allylic oxidation sites excluding steroid dienone is 2. The molecule has 0 heterocycles. The molecular formula is C9H15Br. The highest BCUT2D eigenvalue weighted by Crippen LogP contribution is 2.32. The first-order valence-electron chi connectivity index (χ1n) is 4.07. The van der Waals surface area contributed by atoms with Crippen LogP contribution < -0.4 is 0 Å². The third kappa shape index (κ3) is 2.12. The smallest absolute Gasteiger partial charge is 0.00660 e. The van der Waals surface area contributed by atoms with E-state index in [0.29, 0.717) is 0 Å². The van der Waals surface area contributed by atoms with Crippen LogP contribution in [0, 0.1) is 5.92 Å². The van der Waals surface area contributed by atoms with Crippen LogP contribution in [-0.2, 0) is 0 Å². The van der Waals surface area contributed by atoms with Crippen molar-refractivity contribution in [3.05, 3.63) is 11.6 Å². The lowest BCUT2D eigenvalue weighted by atomic mass is 9.80. The third-order valence-electron chi connectivity index (χ3n) is 2.32. The minimum absolute atomic E-state index is 0.944. The van der Waals surface area contributed by atoms with Crippen molar-refractivity contribution >= 4 is 15.9 Å². The van der Waals surface area contributed by atoms with Gasteiger partial charge in [-0.25, -0.2) is 0 Å². The minimum Gasteiger partial charge on any atom is -0.0925 e. The zero-order valence-corrected chi connectivity index (χ0v) is 8.15. The maximum atomic E-state index is 3.42. The molecule has 0 bridgehead atoms. The predicted molar refractivity (Wildman–Crippen MR) is 49.5 cm³/mol. The van der Waals surface area contributed by atoms with Crippen molar-refractivity contribution in [2.24, 2.45) is 5.92 Å². The van der Waals surface area contributed by atoms with Crippen molar-refractivity contribution in [1.29, 1.82) is 0 Å². The monoisotopic (exact) mass is 202 g/mol. The molecule has 0 saturated heterocycles. The van der Waals surface area contributed by atoms with Gasteiger partial charge in [0.2, 0.25) is 0 Å². The summed E-state index contributed by atoms with van der Waals surface area (Å²) in [6.45, 7) is 2.27. The van der Waals surface area contributed by atoms with Crippen LogP contribution in [0.25, 0.3) is 0 Å². The van der Waals surface area contributed by atoms with Crippen molar-refractivity contribution in [2.75, 3.05) is 5.33 Å². The normalized spacial score (nSPS) is 20.8. The zero-order chi connectivity index (χ0) is 7.40. The first-order valence-corrected chi connectivity index (χ1v) is 5.19. The molecule has 0 nitrogen and oxygen atoms in total. The van der Waals surface area contributed by atoms with Crippen molar-refractivity contribution in [3.8, 4) is 0 Å². The Balaban J connectivity index is 2.23. The lowest BCUT2D eigenvalue weighted by molar-refractivity contribution is 0.367. The molecular weight excluding hydrogens is 188 g/mol. The fourth-order valence-corrected chi connectivity index (χ4v) is 1.54. The molecule has 0 aromatic heterocycles. The molecule has 0 radical (unpaired) electrons. The summed E-state index contributed by atoms with van der Waals surface area (Å²) in [7, 11) is 0. The van der Waals surface area contributed by atoms with Crippen molar-refractivity contribution in [3.63, 3.8) is 0 Å². The highest BCUT2D eigenvalue weighted by atomic mass is 79.9. The molecule has 1 heteroatoms. The summed E-state index contributed by atoms with van der Waals surface area (Å²) in [5, 5.41) is 1.11. The van der Waals surface area contributed by atoms with E-state index in [2.05, 4.69) is 28.9 Å². The molecule has 1 saturated carbocycles. The lowest BCUT2D eigenvalue weighted by Crippen LogP contribution is -2.11. The van der Waals surface area contributed by atoms with Gasteiger partial charge in [0.1, 0.15) is 0 Å². The van der Waals surface area contributed by atoms with Gasteiger partial charge in [0.05, 0.1) is 0 Å². The van der Waals surface area contributed by atoms with Crippen molar-refractivity contribution in [1.82, 2.24) is 0 Å². The summed E-state index contributed by atoms with van der Waals surface area (Å²) in [5.41, 5.74) is 1.62. The van der Waals surface area contributed by atoms with Gasteiger partial charge in [-0.15, -0.1) is 0 Å². The molecule has 1 fully saturated rings. The fraction of sp³-hybridized carbons (Fsp3) is 0.778. The average Bonchev–Trinajstić information content (AvgIpc) is 1.79. The average molecular weight is 203 g/mol. The van der Waals surface area contributed by atoms with Gasteiger partial charge in [-0.1, -0.05) is 34.0 Å². The third-order valence-corrected chi connectivity index (χ3v) is 2.78. The first-order chi connectivity index (χ1) is 4.84. The maximum Gasteiger partial charge on any atom is 0.00660 e. The van der Waals surface area contributed by atoms with E-state index in [-0.39, 0.29) is 0 Å². The second-order valence-electron chi connectivity index (χ2n) is 3.05. The predicted octanol–water partition coefficient (Wildman–Crippen LogP) is 3.52. The van der Waals surface area contributed by atoms with Crippen LogP contribution in [0.2, 0.25) is 0 Å². The molecule has 1 rings (SSSR count). The largest absolute Gasteiger partial charge is 0.0925 e. The van der Waals surface area contributed by atoms with Crippen LogP contribution >= 0.6 is 15.9 Å². The van der Waals surface area contributed by atoms with Gasteiger partial charge >= 0.3 is 0 Å². The van der Waals surface area contributed by atoms with Crippen LogP contribution in [0.15, 0.2) is 11.6 Å². The molecule has 0 unspecified atom stereocenters. The van der Waals surface area contributed by atoms with Gasteiger partial charge in [-0.05, 0) is 32.1 Å². The maximum absolute atomic E-state index is 3.42. The van der Waals surface area contributed by atoms with Gasteiger partial charge in [0, 0.05) is 5.33 Å². The Labute approximate surface area is 71.8 Å². The highest BCUT2D eigenvalue weighted by molar-refractivity contribution is 9.09. The summed E-state index contributed by atoms with van der Waals surface area (Å²) in [5.74, 6) is 0.944. The van der Waals surface area contributed by atoms with Crippen LogP contribution in [0.4, 0.5) is 0 Å². The Hall–Kier alpha value is 0.220. The molecule has 1 aliphatic carbocycles. The lowest BCUT2D eigenvalue weighted by Gasteiger charge is -2.26. The standard InChI is InChI=1S/C9H15Br/c1-8(4-3-7-10)9-5-2-6-9/h4,9H,2-3,5-7H2,1H3. The molecule has 10 heavy (non-hydrogen) atoms. The summed E-state index contributed by atoms with van der Waals surface area (Å²) in [6, 6.07) is 0. The fourth-order valence-electron chi connectivity index (χ4n) is 1.31. The molecule has 0 spiro atoms. The molecule has 0 aromatic rings. The second kappa shape index (κ2) is 4.17. The number of hydrogen-bond acceptors (Lipinski definition) is 0. The van der Waals surface area contributed by atoms with Crippen LogP contribution in [0.3, 0.4) is 0 Å². The van der Waals surface area contributed by atoms with E-state index in [1.54, 1.807) is 5.57 Å². The number of rotatable bonds is 3. The SMILES string of the molecule is CC(=CCCBr)C1CCC1. The molecule has 0 aromatic carbocycles. The Bertz CT molecular complexity index is 123. The minimum atomic E-state index is 0.944. The second-order valence-corrected chi connectivity index (χ2v) is 3.85. The molecule has 58 valence electrons. The van der Waals surface area contributed by atoms with Gasteiger partial charge in [0.15, 0.2) is 0 Å². The topological polar surface area (TPSA) is 0 Å². The highest BCUT2D eigenvalue weighted by Gasteiger charge is 2.17. The Morgan fingerprint density at radius 3 is 2.70 bits per heavy atom. The summed E-state index contributed by atoms with van der Waals surface area (Å²) in [6.07, 6.45) is 7.89. The van der Waals surface area contributed by atoms with Gasteiger partial charge < -0.3 is 0 Å². The zero-order valence-electron chi connectivity index (χ0n) is 6.57. The molecule has 0 N–H and O–H groups in total. The summed E-state index contributed by atoms with van der Waals surface area (Å²) in [4.78, 5) is 0. The molecule has 0 aliphatic heterocycles. The Morgan fingerprint density at radius 1 is 1.60 bits per heavy atom. The quantitative estimate of drug-likeness (QED) is 0.486. The van der Waals surface area contributed by atoms with E-state index in [0.717, 1.165) is 11.2 Å².